The largest absolute Gasteiger partial charge is 0.326 e. The minimum absolute atomic E-state index is 0.0544. The van der Waals surface area contributed by atoms with E-state index in [4.69, 9.17) is 4.55 Å². The molecule has 266 valence electrons. The molecule has 0 fully saturated rings. The maximum Gasteiger partial charge on any atom is 0.296 e. The molecule has 0 spiro atoms. The Balaban J connectivity index is 1.66. The van der Waals surface area contributed by atoms with Crippen molar-refractivity contribution in [1.82, 2.24) is 0 Å². The molecule has 0 saturated carbocycles. The van der Waals surface area contributed by atoms with E-state index in [1.54, 1.807) is 0 Å². The molecule has 19 nitrogen and oxygen atoms in total. The SMILES string of the molecule is CC(=O)Nc1ccc(S(=O)(=O)O)c2c1C(=O)/C(=N\Nc1ccc(/N=N/c3ccc(S(=O)(=O)O)cc3)c3ccc(S(=O)(=O)O)cc13)C(S(=O)(=O)O)=C2. The van der Waals surface area contributed by atoms with Gasteiger partial charge in [-0.25, -0.2) is 0 Å². The third-order valence-electron chi connectivity index (χ3n) is 6.98. The van der Waals surface area contributed by atoms with Crippen molar-refractivity contribution in [2.75, 3.05) is 10.7 Å². The number of fused-ring (bicyclic) bond motifs is 2. The summed E-state index contributed by atoms with van der Waals surface area (Å²) in [5.74, 6) is -2.06. The van der Waals surface area contributed by atoms with Crippen LogP contribution in [0, 0.1) is 0 Å². The lowest BCUT2D eigenvalue weighted by Crippen LogP contribution is -2.29. The van der Waals surface area contributed by atoms with Crippen molar-refractivity contribution in [3.05, 3.63) is 82.8 Å². The highest BCUT2D eigenvalue weighted by molar-refractivity contribution is 7.91. The molecule has 0 heterocycles. The number of hydrogen-bond acceptors (Lipinski definition) is 14. The summed E-state index contributed by atoms with van der Waals surface area (Å²) in [6.07, 6.45) is 0.543. The van der Waals surface area contributed by atoms with Gasteiger partial charge in [-0.05, 0) is 66.7 Å². The summed E-state index contributed by atoms with van der Waals surface area (Å²) in [6, 6.07) is 12.1. The molecule has 1 aliphatic rings. The first-order chi connectivity index (χ1) is 23.6. The molecule has 5 rings (SSSR count). The molecule has 51 heavy (non-hydrogen) atoms. The zero-order chi connectivity index (χ0) is 37.7. The van der Waals surface area contributed by atoms with Crippen molar-refractivity contribution < 1.29 is 61.5 Å². The minimum Gasteiger partial charge on any atom is -0.326 e. The number of azo groups is 1. The number of carbonyl (C=O) groups excluding carboxylic acids is 2. The van der Waals surface area contributed by atoms with Crippen molar-refractivity contribution in [2.45, 2.75) is 21.6 Å². The molecular formula is C28H21N5O14S4. The molecule has 0 aromatic heterocycles. The fraction of sp³-hybridized carbons (Fsp3) is 0.0357. The lowest BCUT2D eigenvalue weighted by molar-refractivity contribution is -0.114. The number of ketones is 1. The summed E-state index contributed by atoms with van der Waals surface area (Å²) < 4.78 is 134. The predicted octanol–water partition coefficient (Wildman–Crippen LogP) is 3.85. The standard InChI is InChI=1S/C28H21N5O14S4/c1-14(34)29-23-10-11-24(50(42,43)44)20-13-25(51(45,46)47)27(28(35)26(20)23)33-32-22-9-8-21(18-7-6-17(12-19(18)22)49(39,40)41)31-30-15-2-4-16(5-3-15)48(36,37)38/h2-13,32H,1H3,(H,29,34)(H,36,37,38)(H,39,40,41)(H,42,43,44)(H,45,46,47)/b31-30+,33-27-. The van der Waals surface area contributed by atoms with Crippen LogP contribution in [0.15, 0.2) is 102 Å². The van der Waals surface area contributed by atoms with Gasteiger partial charge in [0.2, 0.25) is 11.7 Å². The van der Waals surface area contributed by atoms with E-state index in [1.807, 2.05) is 0 Å². The van der Waals surface area contributed by atoms with Gasteiger partial charge in [-0.2, -0.15) is 43.9 Å². The van der Waals surface area contributed by atoms with Gasteiger partial charge >= 0.3 is 0 Å². The number of anilines is 2. The lowest BCUT2D eigenvalue weighted by atomic mass is 9.92. The van der Waals surface area contributed by atoms with E-state index >= 15 is 0 Å². The van der Waals surface area contributed by atoms with Gasteiger partial charge in [-0.15, -0.1) is 5.11 Å². The van der Waals surface area contributed by atoms with E-state index in [0.717, 1.165) is 43.3 Å². The number of Topliss-reactive ketones (excluding diaryl/α,β-unsaturated/α-hetero) is 1. The highest BCUT2D eigenvalue weighted by Gasteiger charge is 2.37. The van der Waals surface area contributed by atoms with E-state index in [0.29, 0.717) is 6.08 Å². The topological polar surface area (TPSA) is 313 Å². The van der Waals surface area contributed by atoms with Gasteiger partial charge in [0.15, 0.2) is 5.71 Å². The second-order valence-electron chi connectivity index (χ2n) is 10.4. The molecule has 0 saturated heterocycles. The van der Waals surface area contributed by atoms with Crippen LogP contribution < -0.4 is 10.7 Å². The summed E-state index contributed by atoms with van der Waals surface area (Å²) in [4.78, 5) is 22.4. The number of rotatable bonds is 9. The normalized spacial score (nSPS) is 14.8. The molecule has 23 heteroatoms. The molecule has 0 atom stereocenters. The summed E-state index contributed by atoms with van der Waals surface area (Å²) in [7, 11) is -19.7. The van der Waals surface area contributed by atoms with Crippen LogP contribution in [0.4, 0.5) is 22.7 Å². The Morgan fingerprint density at radius 2 is 1.27 bits per heavy atom. The molecule has 4 aromatic carbocycles. The maximum atomic E-state index is 13.8. The van der Waals surface area contributed by atoms with Crippen molar-refractivity contribution in [3.8, 4) is 0 Å². The van der Waals surface area contributed by atoms with E-state index in [9.17, 15) is 56.9 Å². The molecule has 0 bridgehead atoms. The molecule has 1 amide bonds. The van der Waals surface area contributed by atoms with Crippen LogP contribution in [-0.2, 0) is 45.3 Å². The molecule has 0 aliphatic heterocycles. The van der Waals surface area contributed by atoms with E-state index in [-0.39, 0.29) is 33.5 Å². The Morgan fingerprint density at radius 1 is 0.667 bits per heavy atom. The Labute approximate surface area is 288 Å². The third kappa shape index (κ3) is 7.89. The third-order valence-corrected chi connectivity index (χ3v) is 10.5. The highest BCUT2D eigenvalue weighted by Crippen LogP contribution is 2.37. The fourth-order valence-electron chi connectivity index (χ4n) is 4.81. The van der Waals surface area contributed by atoms with Crippen molar-refractivity contribution in [3.63, 3.8) is 0 Å². The number of benzene rings is 4. The number of nitrogens with zero attached hydrogens (tertiary/aromatic N) is 3. The summed E-state index contributed by atoms with van der Waals surface area (Å²) in [6.45, 7) is 1.06. The van der Waals surface area contributed by atoms with Gasteiger partial charge in [0.1, 0.15) is 9.80 Å². The van der Waals surface area contributed by atoms with Crippen LogP contribution in [0.5, 0.6) is 0 Å². The van der Waals surface area contributed by atoms with Crippen LogP contribution in [-0.4, -0.2) is 69.3 Å². The monoisotopic (exact) mass is 779 g/mol. The van der Waals surface area contributed by atoms with Crippen LogP contribution >= 0.6 is 0 Å². The van der Waals surface area contributed by atoms with E-state index < -0.39 is 88.6 Å². The zero-order valence-electron chi connectivity index (χ0n) is 25.3. The number of nitrogens with one attached hydrogen (secondary N) is 2. The second-order valence-corrected chi connectivity index (χ2v) is 16.0. The Morgan fingerprint density at radius 3 is 1.84 bits per heavy atom. The average Bonchev–Trinajstić information content (AvgIpc) is 3.01. The lowest BCUT2D eigenvalue weighted by Gasteiger charge is -2.21. The average molecular weight is 780 g/mol. The second kappa shape index (κ2) is 13.1. The number of amides is 1. The number of hydrogen-bond donors (Lipinski definition) is 6. The molecule has 6 N–H and O–H groups in total. The number of allylic oxidation sites excluding steroid dienone is 1. The van der Waals surface area contributed by atoms with Crippen LogP contribution in [0.2, 0.25) is 0 Å². The molecule has 0 unspecified atom stereocenters. The van der Waals surface area contributed by atoms with Crippen LogP contribution in [0.25, 0.3) is 16.8 Å². The van der Waals surface area contributed by atoms with Crippen molar-refractivity contribution in [1.29, 1.82) is 0 Å². The molecular weight excluding hydrogens is 759 g/mol. The van der Waals surface area contributed by atoms with Gasteiger partial charge in [0.25, 0.3) is 40.5 Å². The molecule has 1 aliphatic carbocycles. The highest BCUT2D eigenvalue weighted by atomic mass is 32.2. The van der Waals surface area contributed by atoms with Crippen molar-refractivity contribution in [2.24, 2.45) is 15.3 Å². The van der Waals surface area contributed by atoms with Crippen LogP contribution in [0.1, 0.15) is 22.8 Å². The summed E-state index contributed by atoms with van der Waals surface area (Å²) in [5, 5.41) is 14.3. The Bertz CT molecular complexity index is 2730. The summed E-state index contributed by atoms with van der Waals surface area (Å²) in [5.41, 5.74) is -0.180. The Kier molecular flexibility index (Phi) is 9.52. The van der Waals surface area contributed by atoms with Crippen LogP contribution in [0.3, 0.4) is 0 Å². The first kappa shape index (κ1) is 37.0. The minimum atomic E-state index is -5.35. The number of carbonyl (C=O) groups is 2. The van der Waals surface area contributed by atoms with Gasteiger partial charge < -0.3 is 5.32 Å². The molecule has 0 radical (unpaired) electrons. The van der Waals surface area contributed by atoms with E-state index in [2.05, 4.69) is 26.1 Å². The summed E-state index contributed by atoms with van der Waals surface area (Å²) >= 11 is 0. The first-order valence-corrected chi connectivity index (χ1v) is 19.4. The zero-order valence-corrected chi connectivity index (χ0v) is 28.5. The Hall–Kier alpha value is -5.27. The van der Waals surface area contributed by atoms with E-state index in [1.165, 1.54) is 30.3 Å². The number of hydrazone groups is 1. The predicted molar refractivity (Wildman–Crippen MR) is 180 cm³/mol. The smallest absolute Gasteiger partial charge is 0.296 e. The van der Waals surface area contributed by atoms with Gasteiger partial charge in [0, 0.05) is 23.3 Å². The van der Waals surface area contributed by atoms with Gasteiger partial charge in [-0.3, -0.25) is 33.2 Å². The quantitative estimate of drug-likeness (QED) is 0.0798. The van der Waals surface area contributed by atoms with Gasteiger partial charge in [0.05, 0.1) is 38.1 Å². The maximum absolute atomic E-state index is 13.8. The van der Waals surface area contributed by atoms with Gasteiger partial charge in [-0.1, -0.05) is 6.07 Å². The van der Waals surface area contributed by atoms with Crippen molar-refractivity contribution >= 4 is 97.5 Å². The first-order valence-electron chi connectivity index (χ1n) is 13.6. The fourth-order valence-corrected chi connectivity index (χ4v) is 7.12. The molecule has 4 aromatic rings.